The highest BCUT2D eigenvalue weighted by atomic mass is 32.1. The van der Waals surface area contributed by atoms with Gasteiger partial charge in [0.1, 0.15) is 10.5 Å². The molecule has 162 valence electrons. The first-order valence-corrected chi connectivity index (χ1v) is 11.8. The van der Waals surface area contributed by atoms with E-state index in [1.165, 1.54) is 12.8 Å². The first-order chi connectivity index (χ1) is 15.6. The van der Waals surface area contributed by atoms with Gasteiger partial charge in [0.15, 0.2) is 0 Å². The third-order valence-corrected chi connectivity index (χ3v) is 7.40. The van der Waals surface area contributed by atoms with Crippen LogP contribution in [0.15, 0.2) is 41.9 Å². The highest BCUT2D eigenvalue weighted by molar-refractivity contribution is 7.16. The van der Waals surface area contributed by atoms with Gasteiger partial charge in [-0.05, 0) is 49.9 Å². The number of amides is 2. The number of H-pyrrole nitrogens is 1. The minimum atomic E-state index is -0.387. The van der Waals surface area contributed by atoms with Crippen LogP contribution < -0.4 is 5.32 Å². The van der Waals surface area contributed by atoms with Gasteiger partial charge in [0.25, 0.3) is 11.8 Å². The quantitative estimate of drug-likeness (QED) is 0.471. The van der Waals surface area contributed by atoms with Crippen LogP contribution in [0.4, 0.5) is 0 Å². The van der Waals surface area contributed by atoms with E-state index in [-0.39, 0.29) is 11.8 Å². The average molecular weight is 446 g/mol. The van der Waals surface area contributed by atoms with Crippen LogP contribution in [0.3, 0.4) is 0 Å². The Morgan fingerprint density at radius 2 is 1.97 bits per heavy atom. The number of carbonyl (C=O) groups excluding carboxylic acids is 2. The zero-order chi connectivity index (χ0) is 21.8. The Kier molecular flexibility index (Phi) is 4.51. The second kappa shape index (κ2) is 7.43. The molecule has 32 heavy (non-hydrogen) atoms. The molecule has 7 nitrogen and oxygen atoms in total. The van der Waals surface area contributed by atoms with Crippen molar-refractivity contribution in [3.05, 3.63) is 53.2 Å². The zero-order valence-corrected chi connectivity index (χ0v) is 18.5. The molecule has 5 heterocycles. The molecule has 1 saturated heterocycles. The summed E-state index contributed by atoms with van der Waals surface area (Å²) in [6.07, 6.45) is 4.16. The Hall–Kier alpha value is -3.23. The fraction of sp³-hybridized carbons (Fsp3) is 0.292. The van der Waals surface area contributed by atoms with E-state index in [1.54, 1.807) is 11.3 Å². The van der Waals surface area contributed by atoms with Crippen LogP contribution in [0.2, 0.25) is 0 Å². The van der Waals surface area contributed by atoms with Gasteiger partial charge in [-0.2, -0.15) is 5.10 Å². The van der Waals surface area contributed by atoms with E-state index in [2.05, 4.69) is 22.2 Å². The molecule has 0 aliphatic carbocycles. The summed E-state index contributed by atoms with van der Waals surface area (Å²) >= 11 is 1.57. The van der Waals surface area contributed by atoms with Crippen LogP contribution in [0.25, 0.3) is 32.3 Å². The van der Waals surface area contributed by atoms with E-state index in [1.807, 2.05) is 46.6 Å². The number of nitrogens with zero attached hydrogens (tertiary/aromatic N) is 3. The summed E-state index contributed by atoms with van der Waals surface area (Å²) in [4.78, 5) is 32.4. The Labute approximate surface area is 188 Å². The number of hydrogen-bond acceptors (Lipinski definition) is 5. The molecule has 1 aromatic carbocycles. The molecular formula is C24H23N5O2S. The van der Waals surface area contributed by atoms with E-state index in [0.29, 0.717) is 22.8 Å². The van der Waals surface area contributed by atoms with Gasteiger partial charge in [0, 0.05) is 35.6 Å². The molecule has 2 N–H and O–H groups in total. The van der Waals surface area contributed by atoms with Crippen molar-refractivity contribution in [1.82, 2.24) is 25.0 Å². The lowest BCUT2D eigenvalue weighted by atomic mass is 9.98. The third kappa shape index (κ3) is 3.02. The maximum absolute atomic E-state index is 13.0. The van der Waals surface area contributed by atoms with Crippen LogP contribution in [0.1, 0.15) is 24.1 Å². The fourth-order valence-corrected chi connectivity index (χ4v) is 5.88. The number of nitrogens with one attached hydrogen (secondary N) is 2. The van der Waals surface area contributed by atoms with Gasteiger partial charge in [-0.15, -0.1) is 11.3 Å². The molecule has 2 amide bonds. The van der Waals surface area contributed by atoms with Crippen molar-refractivity contribution in [2.24, 2.45) is 5.92 Å². The smallest absolute Gasteiger partial charge is 0.261 e. The lowest BCUT2D eigenvalue weighted by Gasteiger charge is -2.29. The van der Waals surface area contributed by atoms with E-state index < -0.39 is 0 Å². The molecule has 0 radical (unpaired) electrons. The number of hydrogen-bond donors (Lipinski definition) is 2. The molecule has 0 saturated carbocycles. The first kappa shape index (κ1) is 19.5. The van der Waals surface area contributed by atoms with E-state index in [0.717, 1.165) is 46.3 Å². The molecule has 2 aliphatic heterocycles. The molecule has 6 rings (SSSR count). The number of thiophene rings is 1. The number of imide groups is 1. The van der Waals surface area contributed by atoms with Gasteiger partial charge in [-0.25, -0.2) is 0 Å². The number of aromatic amines is 1. The molecular weight excluding hydrogens is 422 g/mol. The average Bonchev–Trinajstić information content (AvgIpc) is 3.52. The van der Waals surface area contributed by atoms with Crippen LogP contribution in [0, 0.1) is 5.92 Å². The van der Waals surface area contributed by atoms with Gasteiger partial charge in [0.2, 0.25) is 0 Å². The van der Waals surface area contributed by atoms with Gasteiger partial charge >= 0.3 is 0 Å². The van der Waals surface area contributed by atoms with Crippen LogP contribution in [-0.4, -0.2) is 51.6 Å². The molecule has 2 aliphatic rings. The predicted octanol–water partition coefficient (Wildman–Crippen LogP) is 3.49. The summed E-state index contributed by atoms with van der Waals surface area (Å²) in [6, 6.07) is 9.95. The van der Waals surface area contributed by atoms with Gasteiger partial charge in [-0.1, -0.05) is 18.2 Å². The summed E-state index contributed by atoms with van der Waals surface area (Å²) in [5.74, 6) is -0.250. The molecule has 3 aromatic heterocycles. The number of benzene rings is 1. The molecule has 1 unspecified atom stereocenters. The molecule has 0 bridgehead atoms. The Morgan fingerprint density at radius 1 is 1.12 bits per heavy atom. The summed E-state index contributed by atoms with van der Waals surface area (Å²) < 4.78 is 2.02. The van der Waals surface area contributed by atoms with Crippen molar-refractivity contribution < 1.29 is 9.59 Å². The Bertz CT molecular complexity index is 1410. The lowest BCUT2D eigenvalue weighted by Crippen LogP contribution is -2.34. The van der Waals surface area contributed by atoms with Crippen molar-refractivity contribution in [3.8, 4) is 0 Å². The largest absolute Gasteiger partial charge is 0.352 e. The highest BCUT2D eigenvalue weighted by Crippen LogP contribution is 2.38. The fourth-order valence-electron chi connectivity index (χ4n) is 5.11. The van der Waals surface area contributed by atoms with E-state index in [9.17, 15) is 9.59 Å². The summed E-state index contributed by atoms with van der Waals surface area (Å²) in [6.45, 7) is 2.96. The monoisotopic (exact) mass is 445 g/mol. The van der Waals surface area contributed by atoms with Gasteiger partial charge < -0.3 is 9.88 Å². The molecule has 4 aromatic rings. The summed E-state index contributed by atoms with van der Waals surface area (Å²) in [5.41, 5.74) is 3.06. The number of likely N-dealkylation sites (tertiary alicyclic amines) is 1. The molecule has 8 heteroatoms. The first-order valence-electron chi connectivity index (χ1n) is 10.9. The Morgan fingerprint density at radius 3 is 2.84 bits per heavy atom. The number of piperidine rings is 1. The zero-order valence-electron chi connectivity index (χ0n) is 17.7. The van der Waals surface area contributed by atoms with Gasteiger partial charge in [0.05, 0.1) is 16.7 Å². The number of fused-ring (bicyclic) bond motifs is 2. The second-order valence-electron chi connectivity index (χ2n) is 8.72. The van der Waals surface area contributed by atoms with E-state index in [4.69, 9.17) is 5.10 Å². The van der Waals surface area contributed by atoms with Crippen molar-refractivity contribution in [3.63, 3.8) is 0 Å². The standard InChI is InChI=1S/C24H23N5O2S/c1-28-9-4-5-14(12-28)13-29-18-7-3-2-6-16(18)21(27-29)20-19(22(30)26-23(20)31)17-11-25-24-15(17)8-10-32-24/h2-3,6-8,10-11,14,25H,4-5,9,12-13H2,1H3,(H,26,30,31). The molecule has 1 atom stereocenters. The summed E-state index contributed by atoms with van der Waals surface area (Å²) in [7, 11) is 2.16. The maximum Gasteiger partial charge on any atom is 0.261 e. The number of rotatable bonds is 4. The van der Waals surface area contributed by atoms with Crippen LogP contribution in [0.5, 0.6) is 0 Å². The molecule has 1 fully saturated rings. The van der Waals surface area contributed by atoms with Crippen molar-refractivity contribution in [2.75, 3.05) is 20.1 Å². The van der Waals surface area contributed by atoms with Crippen LogP contribution in [-0.2, 0) is 16.1 Å². The number of para-hydroxylation sites is 1. The number of aromatic nitrogens is 3. The van der Waals surface area contributed by atoms with Crippen molar-refractivity contribution in [2.45, 2.75) is 19.4 Å². The maximum atomic E-state index is 13.0. The van der Waals surface area contributed by atoms with Crippen LogP contribution >= 0.6 is 11.3 Å². The molecule has 0 spiro atoms. The lowest BCUT2D eigenvalue weighted by molar-refractivity contribution is -0.122. The predicted molar refractivity (Wildman–Crippen MR) is 126 cm³/mol. The SMILES string of the molecule is CN1CCCC(Cn2nc(C3=C(c4c[nH]c5sccc45)C(=O)NC3=O)c3ccccc32)C1. The second-order valence-corrected chi connectivity index (χ2v) is 9.63. The topological polar surface area (TPSA) is 83.0 Å². The normalized spacial score (nSPS) is 20.1. The van der Waals surface area contributed by atoms with Crippen molar-refractivity contribution >= 4 is 55.4 Å². The van der Waals surface area contributed by atoms with E-state index >= 15 is 0 Å². The number of carbonyl (C=O) groups is 2. The highest BCUT2D eigenvalue weighted by Gasteiger charge is 2.36. The summed E-state index contributed by atoms with van der Waals surface area (Å²) in [5, 5.41) is 11.2. The minimum Gasteiger partial charge on any atom is -0.352 e. The van der Waals surface area contributed by atoms with Crippen molar-refractivity contribution in [1.29, 1.82) is 0 Å². The third-order valence-electron chi connectivity index (χ3n) is 6.55. The Balaban J connectivity index is 1.52. The van der Waals surface area contributed by atoms with Gasteiger partial charge in [-0.3, -0.25) is 19.6 Å². The minimum absolute atomic E-state index is 0.359.